The minimum absolute atomic E-state index is 0.181. The van der Waals surface area contributed by atoms with Crippen molar-refractivity contribution in [1.29, 1.82) is 0 Å². The van der Waals surface area contributed by atoms with E-state index >= 15 is 0 Å². The normalized spacial score (nSPS) is 12.7. The molecule has 17 heavy (non-hydrogen) atoms. The van der Waals surface area contributed by atoms with Crippen molar-refractivity contribution in [3.8, 4) is 0 Å². The summed E-state index contributed by atoms with van der Waals surface area (Å²) >= 11 is 3.41. The Morgan fingerprint density at radius 2 is 2.12 bits per heavy atom. The smallest absolute Gasteiger partial charge is 0.124 e. The van der Waals surface area contributed by atoms with E-state index < -0.39 is 0 Å². The second kappa shape index (κ2) is 7.83. The van der Waals surface area contributed by atoms with Crippen molar-refractivity contribution in [3.63, 3.8) is 0 Å². The standard InChI is InChI=1S/C14H21BrFN/c1-3-5-13(17-2)7-4-6-11-8-9-12(16)10-14(11)15/h8-10,13,17H,3-7H2,1-2H3. The van der Waals surface area contributed by atoms with Gasteiger partial charge in [0.25, 0.3) is 0 Å². The summed E-state index contributed by atoms with van der Waals surface area (Å²) in [4.78, 5) is 0. The molecular weight excluding hydrogens is 281 g/mol. The molecule has 1 N–H and O–H groups in total. The lowest BCUT2D eigenvalue weighted by molar-refractivity contribution is 0.469. The van der Waals surface area contributed by atoms with Gasteiger partial charge in [0.1, 0.15) is 5.82 Å². The molecule has 1 nitrogen and oxygen atoms in total. The lowest BCUT2D eigenvalue weighted by atomic mass is 10.0. The molecule has 1 atom stereocenters. The molecule has 0 aliphatic heterocycles. The average Bonchev–Trinajstić information content (AvgIpc) is 2.30. The monoisotopic (exact) mass is 301 g/mol. The van der Waals surface area contributed by atoms with E-state index in [1.807, 2.05) is 13.1 Å². The Balaban J connectivity index is 2.39. The third-order valence-electron chi connectivity index (χ3n) is 3.06. The maximum atomic E-state index is 12.9. The minimum atomic E-state index is -0.181. The van der Waals surface area contributed by atoms with E-state index in [4.69, 9.17) is 0 Å². The second-order valence-corrected chi connectivity index (χ2v) is 5.26. The Morgan fingerprint density at radius 1 is 1.35 bits per heavy atom. The van der Waals surface area contributed by atoms with Crippen molar-refractivity contribution in [1.82, 2.24) is 5.32 Å². The number of benzene rings is 1. The van der Waals surface area contributed by atoms with Crippen LogP contribution in [0, 0.1) is 5.82 Å². The maximum absolute atomic E-state index is 12.9. The number of hydrogen-bond acceptors (Lipinski definition) is 1. The van der Waals surface area contributed by atoms with Crippen molar-refractivity contribution in [3.05, 3.63) is 34.1 Å². The van der Waals surface area contributed by atoms with Gasteiger partial charge in [-0.3, -0.25) is 0 Å². The molecule has 0 saturated heterocycles. The van der Waals surface area contributed by atoms with Crippen LogP contribution in [0.1, 0.15) is 38.2 Å². The average molecular weight is 302 g/mol. The lowest BCUT2D eigenvalue weighted by Gasteiger charge is -2.15. The van der Waals surface area contributed by atoms with Crippen LogP contribution in [0.2, 0.25) is 0 Å². The first-order valence-corrected chi connectivity index (χ1v) is 7.07. The largest absolute Gasteiger partial charge is 0.317 e. The molecule has 0 heterocycles. The fourth-order valence-electron chi connectivity index (χ4n) is 2.04. The first kappa shape index (κ1) is 14.7. The van der Waals surface area contributed by atoms with Crippen LogP contribution in [-0.4, -0.2) is 13.1 Å². The molecule has 0 saturated carbocycles. The highest BCUT2D eigenvalue weighted by Gasteiger charge is 2.06. The van der Waals surface area contributed by atoms with E-state index in [9.17, 15) is 4.39 Å². The molecule has 0 fully saturated rings. The van der Waals surface area contributed by atoms with E-state index in [0.29, 0.717) is 6.04 Å². The highest BCUT2D eigenvalue weighted by molar-refractivity contribution is 9.10. The highest BCUT2D eigenvalue weighted by Crippen LogP contribution is 2.20. The van der Waals surface area contributed by atoms with E-state index in [0.717, 1.165) is 17.3 Å². The van der Waals surface area contributed by atoms with E-state index in [2.05, 4.69) is 28.2 Å². The van der Waals surface area contributed by atoms with Crippen LogP contribution in [-0.2, 0) is 6.42 Å². The first-order valence-electron chi connectivity index (χ1n) is 6.28. The molecule has 1 aromatic rings. The Morgan fingerprint density at radius 3 is 2.71 bits per heavy atom. The number of hydrogen-bond donors (Lipinski definition) is 1. The molecule has 3 heteroatoms. The lowest BCUT2D eigenvalue weighted by Crippen LogP contribution is -2.24. The van der Waals surface area contributed by atoms with E-state index in [-0.39, 0.29) is 5.82 Å². The summed E-state index contributed by atoms with van der Waals surface area (Å²) in [6, 6.07) is 5.55. The molecule has 1 rings (SSSR count). The predicted octanol–water partition coefficient (Wildman–Crippen LogP) is 4.30. The second-order valence-electron chi connectivity index (χ2n) is 4.40. The summed E-state index contributed by atoms with van der Waals surface area (Å²) in [5.41, 5.74) is 1.19. The summed E-state index contributed by atoms with van der Waals surface area (Å²) in [5.74, 6) is -0.181. The molecule has 0 aliphatic rings. The first-order chi connectivity index (χ1) is 8.17. The van der Waals surface area contributed by atoms with E-state index in [1.165, 1.54) is 37.0 Å². The zero-order chi connectivity index (χ0) is 12.7. The topological polar surface area (TPSA) is 12.0 Å². The van der Waals surface area contributed by atoms with Gasteiger partial charge in [-0.15, -0.1) is 0 Å². The summed E-state index contributed by atoms with van der Waals surface area (Å²) in [6.07, 6.45) is 5.75. The molecule has 96 valence electrons. The van der Waals surface area contributed by atoms with Crippen LogP contribution in [0.5, 0.6) is 0 Å². The van der Waals surface area contributed by atoms with Gasteiger partial charge in [-0.05, 0) is 50.4 Å². The molecule has 0 bridgehead atoms. The van der Waals surface area contributed by atoms with Crippen LogP contribution >= 0.6 is 15.9 Å². The number of nitrogens with one attached hydrogen (secondary N) is 1. The van der Waals surface area contributed by atoms with Crippen LogP contribution in [0.25, 0.3) is 0 Å². The molecule has 0 radical (unpaired) electrons. The molecule has 1 aromatic carbocycles. The van der Waals surface area contributed by atoms with Crippen molar-refractivity contribution in [2.45, 2.75) is 45.1 Å². The fourth-order valence-corrected chi connectivity index (χ4v) is 2.59. The van der Waals surface area contributed by atoms with Crippen LogP contribution in [0.3, 0.4) is 0 Å². The molecule has 0 spiro atoms. The van der Waals surface area contributed by atoms with Crippen molar-refractivity contribution < 1.29 is 4.39 Å². The third-order valence-corrected chi connectivity index (χ3v) is 3.80. The zero-order valence-electron chi connectivity index (χ0n) is 10.6. The number of rotatable bonds is 7. The maximum Gasteiger partial charge on any atom is 0.124 e. The molecule has 0 aromatic heterocycles. The van der Waals surface area contributed by atoms with Crippen LogP contribution in [0.15, 0.2) is 22.7 Å². The Hall–Kier alpha value is -0.410. The van der Waals surface area contributed by atoms with Gasteiger partial charge >= 0.3 is 0 Å². The Bertz CT molecular complexity index is 341. The predicted molar refractivity (Wildman–Crippen MR) is 74.8 cm³/mol. The van der Waals surface area contributed by atoms with Gasteiger partial charge < -0.3 is 5.32 Å². The Labute approximate surface area is 112 Å². The van der Waals surface area contributed by atoms with E-state index in [1.54, 1.807) is 0 Å². The summed E-state index contributed by atoms with van der Waals surface area (Å²) in [7, 11) is 2.02. The van der Waals surface area contributed by atoms with Gasteiger partial charge in [-0.25, -0.2) is 4.39 Å². The quantitative estimate of drug-likeness (QED) is 0.792. The summed E-state index contributed by atoms with van der Waals surface area (Å²) in [5, 5.41) is 3.34. The molecular formula is C14H21BrFN. The van der Waals surface area contributed by atoms with Crippen LogP contribution < -0.4 is 5.32 Å². The van der Waals surface area contributed by atoms with Gasteiger partial charge in [0.2, 0.25) is 0 Å². The zero-order valence-corrected chi connectivity index (χ0v) is 12.2. The minimum Gasteiger partial charge on any atom is -0.317 e. The molecule has 0 amide bonds. The summed E-state index contributed by atoms with van der Waals surface area (Å²) < 4.78 is 13.8. The van der Waals surface area contributed by atoms with Gasteiger partial charge in [0.05, 0.1) is 0 Å². The van der Waals surface area contributed by atoms with Crippen molar-refractivity contribution in [2.24, 2.45) is 0 Å². The fraction of sp³-hybridized carbons (Fsp3) is 0.571. The van der Waals surface area contributed by atoms with Crippen molar-refractivity contribution in [2.75, 3.05) is 7.05 Å². The van der Waals surface area contributed by atoms with Gasteiger partial charge in [0, 0.05) is 10.5 Å². The molecule has 0 aliphatic carbocycles. The van der Waals surface area contributed by atoms with Gasteiger partial charge in [0.15, 0.2) is 0 Å². The van der Waals surface area contributed by atoms with Crippen molar-refractivity contribution >= 4 is 15.9 Å². The Kier molecular flexibility index (Phi) is 6.75. The number of halogens is 2. The molecule has 1 unspecified atom stereocenters. The van der Waals surface area contributed by atoms with Gasteiger partial charge in [-0.1, -0.05) is 35.3 Å². The summed E-state index contributed by atoms with van der Waals surface area (Å²) in [6.45, 7) is 2.21. The van der Waals surface area contributed by atoms with Crippen LogP contribution in [0.4, 0.5) is 4.39 Å². The van der Waals surface area contributed by atoms with Gasteiger partial charge in [-0.2, -0.15) is 0 Å². The highest BCUT2D eigenvalue weighted by atomic mass is 79.9. The third kappa shape index (κ3) is 5.17. The number of aryl methyl sites for hydroxylation is 1. The SMILES string of the molecule is CCCC(CCCc1ccc(F)cc1Br)NC.